The minimum Gasteiger partial charge on any atom is -0.487 e. The van der Waals surface area contributed by atoms with Crippen LogP contribution < -0.4 is 10.1 Å². The Morgan fingerprint density at radius 2 is 2.18 bits per heavy atom. The number of rotatable bonds is 5. The minimum atomic E-state index is -0.670. The molecule has 1 aromatic carbocycles. The Morgan fingerprint density at radius 3 is 2.95 bits per heavy atom. The summed E-state index contributed by atoms with van der Waals surface area (Å²) in [6.07, 6.45) is 2.87. The molecule has 0 radical (unpaired) electrons. The van der Waals surface area contributed by atoms with E-state index in [4.69, 9.17) is 32.4 Å². The number of ether oxygens (including phenoxy) is 1. The molecule has 3 rings (SSSR count). The number of benzene rings is 1. The zero-order valence-electron chi connectivity index (χ0n) is 11.7. The van der Waals surface area contributed by atoms with Crippen LogP contribution in [-0.4, -0.2) is 24.8 Å². The first-order valence-electron chi connectivity index (χ1n) is 6.87. The van der Waals surface area contributed by atoms with Crippen molar-refractivity contribution in [1.29, 1.82) is 0 Å². The lowest BCUT2D eigenvalue weighted by Gasteiger charge is -2.20. The van der Waals surface area contributed by atoms with Crippen LogP contribution in [0.4, 0.5) is 0 Å². The van der Waals surface area contributed by atoms with Crippen molar-refractivity contribution in [3.05, 3.63) is 57.5 Å². The van der Waals surface area contributed by atoms with Crippen LogP contribution in [0.15, 0.2) is 40.5 Å². The lowest BCUT2D eigenvalue weighted by atomic mass is 10.1. The summed E-state index contributed by atoms with van der Waals surface area (Å²) in [7, 11) is 0. The predicted octanol–water partition coefficient (Wildman–Crippen LogP) is 3.69. The van der Waals surface area contributed by atoms with Gasteiger partial charge in [0, 0.05) is 23.7 Å². The van der Waals surface area contributed by atoms with Gasteiger partial charge in [0.1, 0.15) is 24.2 Å². The van der Waals surface area contributed by atoms with E-state index in [9.17, 15) is 5.11 Å². The normalized spacial score (nSPS) is 15.0. The standard InChI is InChI=1S/C16H15Cl2NO3/c17-12-5-11-4-10(9-22-16(11)13(18)6-12)7-19-8-14(20)15-2-1-3-21-15/h1-6,14,19-20H,7-9H2. The summed E-state index contributed by atoms with van der Waals surface area (Å²) in [5.41, 5.74) is 1.92. The summed E-state index contributed by atoms with van der Waals surface area (Å²) in [5, 5.41) is 14.2. The van der Waals surface area contributed by atoms with Crippen LogP contribution in [0.1, 0.15) is 17.4 Å². The Bertz CT molecular complexity index is 683. The zero-order chi connectivity index (χ0) is 15.5. The molecule has 1 aliphatic heterocycles. The van der Waals surface area contributed by atoms with Gasteiger partial charge in [-0.15, -0.1) is 0 Å². The van der Waals surface area contributed by atoms with E-state index in [1.54, 1.807) is 24.5 Å². The number of aliphatic hydroxyl groups is 1. The number of halogens is 2. The average Bonchev–Trinajstić information content (AvgIpc) is 3.00. The number of fused-ring (bicyclic) bond motifs is 1. The molecule has 1 atom stereocenters. The Hall–Kier alpha value is -1.46. The SMILES string of the molecule is OC(CNCC1=Cc2cc(Cl)cc(Cl)c2OC1)c1ccco1. The number of aliphatic hydroxyl groups excluding tert-OH is 1. The van der Waals surface area contributed by atoms with E-state index in [1.807, 2.05) is 12.1 Å². The van der Waals surface area contributed by atoms with Crippen molar-refractivity contribution in [2.45, 2.75) is 6.10 Å². The van der Waals surface area contributed by atoms with Gasteiger partial charge in [-0.25, -0.2) is 0 Å². The Balaban J connectivity index is 1.61. The van der Waals surface area contributed by atoms with Crippen molar-refractivity contribution in [1.82, 2.24) is 5.32 Å². The molecule has 0 aliphatic carbocycles. The van der Waals surface area contributed by atoms with Crippen LogP contribution >= 0.6 is 23.2 Å². The quantitative estimate of drug-likeness (QED) is 0.872. The van der Waals surface area contributed by atoms with Crippen molar-refractivity contribution in [2.75, 3.05) is 19.7 Å². The fraction of sp³-hybridized carbons (Fsp3) is 0.250. The van der Waals surface area contributed by atoms with Gasteiger partial charge in [0.2, 0.25) is 0 Å². The average molecular weight is 340 g/mol. The predicted molar refractivity (Wildman–Crippen MR) is 86.5 cm³/mol. The molecular weight excluding hydrogens is 325 g/mol. The number of furan rings is 1. The highest BCUT2D eigenvalue weighted by Gasteiger charge is 2.16. The smallest absolute Gasteiger partial charge is 0.145 e. The maximum atomic E-state index is 9.93. The molecule has 2 N–H and O–H groups in total. The van der Waals surface area contributed by atoms with Gasteiger partial charge < -0.3 is 19.6 Å². The van der Waals surface area contributed by atoms with E-state index in [1.165, 1.54) is 0 Å². The van der Waals surface area contributed by atoms with Crippen LogP contribution in [0.3, 0.4) is 0 Å². The van der Waals surface area contributed by atoms with E-state index < -0.39 is 6.10 Å². The van der Waals surface area contributed by atoms with E-state index in [2.05, 4.69) is 5.32 Å². The summed E-state index contributed by atoms with van der Waals surface area (Å²) < 4.78 is 10.8. The van der Waals surface area contributed by atoms with Gasteiger partial charge in [-0.1, -0.05) is 23.2 Å². The van der Waals surface area contributed by atoms with Gasteiger partial charge in [-0.05, 0) is 35.9 Å². The molecule has 2 aromatic rings. The molecule has 1 unspecified atom stereocenters. The highest BCUT2D eigenvalue weighted by atomic mass is 35.5. The lowest BCUT2D eigenvalue weighted by Crippen LogP contribution is -2.26. The first kappa shape index (κ1) is 15.4. The van der Waals surface area contributed by atoms with Crippen LogP contribution in [0.2, 0.25) is 10.0 Å². The van der Waals surface area contributed by atoms with Gasteiger partial charge in [0.25, 0.3) is 0 Å². The Labute approximate surface area is 138 Å². The summed E-state index contributed by atoms with van der Waals surface area (Å²) in [6.45, 7) is 1.45. The molecular formula is C16H15Cl2NO3. The molecule has 6 heteroatoms. The molecule has 0 spiro atoms. The molecule has 0 bridgehead atoms. The first-order valence-corrected chi connectivity index (χ1v) is 7.62. The van der Waals surface area contributed by atoms with Crippen LogP contribution in [0, 0.1) is 0 Å². The van der Waals surface area contributed by atoms with E-state index in [0.29, 0.717) is 41.3 Å². The van der Waals surface area contributed by atoms with Crippen LogP contribution in [-0.2, 0) is 0 Å². The molecule has 4 nitrogen and oxygen atoms in total. The second kappa shape index (κ2) is 6.75. The summed E-state index contributed by atoms with van der Waals surface area (Å²) >= 11 is 12.1. The molecule has 2 heterocycles. The molecule has 0 saturated carbocycles. The van der Waals surface area contributed by atoms with Crippen molar-refractivity contribution in [2.24, 2.45) is 0 Å². The molecule has 116 valence electrons. The highest BCUT2D eigenvalue weighted by molar-refractivity contribution is 6.36. The number of hydrogen-bond acceptors (Lipinski definition) is 4. The highest BCUT2D eigenvalue weighted by Crippen LogP contribution is 2.36. The Kier molecular flexibility index (Phi) is 4.74. The largest absolute Gasteiger partial charge is 0.487 e. The third-order valence-electron chi connectivity index (χ3n) is 3.36. The van der Waals surface area contributed by atoms with Crippen LogP contribution in [0.25, 0.3) is 6.08 Å². The second-order valence-corrected chi connectivity index (χ2v) is 5.90. The zero-order valence-corrected chi connectivity index (χ0v) is 13.2. The van der Waals surface area contributed by atoms with Gasteiger partial charge >= 0.3 is 0 Å². The molecule has 0 fully saturated rings. The lowest BCUT2D eigenvalue weighted by molar-refractivity contribution is 0.148. The molecule has 22 heavy (non-hydrogen) atoms. The molecule has 0 amide bonds. The topological polar surface area (TPSA) is 54.6 Å². The monoisotopic (exact) mass is 339 g/mol. The van der Waals surface area contributed by atoms with Crippen LogP contribution in [0.5, 0.6) is 5.75 Å². The first-order chi connectivity index (χ1) is 10.6. The maximum Gasteiger partial charge on any atom is 0.145 e. The van der Waals surface area contributed by atoms with Gasteiger partial charge in [-0.2, -0.15) is 0 Å². The molecule has 0 saturated heterocycles. The molecule has 1 aliphatic rings. The minimum absolute atomic E-state index is 0.397. The van der Waals surface area contributed by atoms with Gasteiger partial charge in [-0.3, -0.25) is 0 Å². The van der Waals surface area contributed by atoms with E-state index in [-0.39, 0.29) is 0 Å². The fourth-order valence-electron chi connectivity index (χ4n) is 2.32. The third kappa shape index (κ3) is 3.47. The van der Waals surface area contributed by atoms with Gasteiger partial charge in [0.05, 0.1) is 11.3 Å². The van der Waals surface area contributed by atoms with Crippen molar-refractivity contribution >= 4 is 29.3 Å². The maximum absolute atomic E-state index is 9.93. The van der Waals surface area contributed by atoms with E-state index in [0.717, 1.165) is 11.1 Å². The summed E-state index contributed by atoms with van der Waals surface area (Å²) in [5.74, 6) is 1.20. The van der Waals surface area contributed by atoms with E-state index >= 15 is 0 Å². The van der Waals surface area contributed by atoms with Crippen molar-refractivity contribution < 1.29 is 14.3 Å². The third-order valence-corrected chi connectivity index (χ3v) is 3.86. The second-order valence-electron chi connectivity index (χ2n) is 5.06. The van der Waals surface area contributed by atoms with Gasteiger partial charge in [0.15, 0.2) is 0 Å². The summed E-state index contributed by atoms with van der Waals surface area (Å²) in [4.78, 5) is 0. The number of hydrogen-bond donors (Lipinski definition) is 2. The molecule has 1 aromatic heterocycles. The fourth-order valence-corrected chi connectivity index (χ4v) is 2.88. The van der Waals surface area contributed by atoms with Crippen molar-refractivity contribution in [3.63, 3.8) is 0 Å². The van der Waals surface area contributed by atoms with Crippen molar-refractivity contribution in [3.8, 4) is 5.75 Å². The Morgan fingerprint density at radius 1 is 1.32 bits per heavy atom. The number of nitrogens with one attached hydrogen (secondary N) is 1. The summed E-state index contributed by atoms with van der Waals surface area (Å²) in [6, 6.07) is 6.98.